The minimum Gasteiger partial charge on any atom is -0.371 e. The molecule has 0 aromatic heterocycles. The molecule has 146 valence electrons. The molecule has 2 atom stereocenters. The Morgan fingerprint density at radius 3 is 2.56 bits per heavy atom. The summed E-state index contributed by atoms with van der Waals surface area (Å²) in [5, 5.41) is 0. The fourth-order valence-corrected chi connectivity index (χ4v) is 5.75. The van der Waals surface area contributed by atoms with Crippen molar-refractivity contribution in [2.45, 2.75) is 56.8 Å². The van der Waals surface area contributed by atoms with Crippen molar-refractivity contribution in [3.05, 3.63) is 29.3 Å². The van der Waals surface area contributed by atoms with Gasteiger partial charge >= 0.3 is 0 Å². The van der Waals surface area contributed by atoms with Crippen LogP contribution in [0.5, 0.6) is 0 Å². The molecule has 2 amide bonds. The molecule has 1 aromatic carbocycles. The fourth-order valence-electron chi connectivity index (χ4n) is 3.95. The van der Waals surface area contributed by atoms with E-state index in [2.05, 4.69) is 0 Å². The summed E-state index contributed by atoms with van der Waals surface area (Å²) in [7, 11) is -3.92. The zero-order valence-electron chi connectivity index (χ0n) is 15.7. The van der Waals surface area contributed by atoms with Gasteiger partial charge in [0.1, 0.15) is 4.90 Å². The average molecular weight is 392 g/mol. The molecule has 0 radical (unpaired) electrons. The molecule has 8 heteroatoms. The summed E-state index contributed by atoms with van der Waals surface area (Å²) >= 11 is 0. The summed E-state index contributed by atoms with van der Waals surface area (Å²) in [5.41, 5.74) is 0.422. The second kappa shape index (κ2) is 6.31. The van der Waals surface area contributed by atoms with Crippen molar-refractivity contribution in [2.75, 3.05) is 13.1 Å². The molecule has 27 heavy (non-hydrogen) atoms. The van der Waals surface area contributed by atoms with Gasteiger partial charge in [-0.15, -0.1) is 0 Å². The minimum absolute atomic E-state index is 0.0499. The van der Waals surface area contributed by atoms with Crippen LogP contribution in [0.25, 0.3) is 0 Å². The first kappa shape index (κ1) is 18.4. The van der Waals surface area contributed by atoms with E-state index < -0.39 is 22.0 Å². The number of nitrogens with zero attached hydrogens (tertiary/aromatic N) is 2. The Morgan fingerprint density at radius 1 is 1.22 bits per heavy atom. The number of carbonyl (C=O) groups is 2. The lowest BCUT2D eigenvalue weighted by Crippen LogP contribution is -2.49. The van der Waals surface area contributed by atoms with Gasteiger partial charge in [-0.2, -0.15) is 0 Å². The number of sulfonamides is 1. The lowest BCUT2D eigenvalue weighted by molar-refractivity contribution is -0.0761. The molecule has 7 nitrogen and oxygen atoms in total. The highest BCUT2D eigenvalue weighted by Crippen LogP contribution is 2.37. The first-order valence-electron chi connectivity index (χ1n) is 9.37. The van der Waals surface area contributed by atoms with Crippen LogP contribution in [0.3, 0.4) is 0 Å². The molecule has 2 fully saturated rings. The van der Waals surface area contributed by atoms with Crippen LogP contribution in [0, 0.1) is 5.92 Å². The van der Waals surface area contributed by atoms with Crippen LogP contribution in [-0.2, 0) is 14.8 Å². The number of ether oxygens (including phenoxy) is 1. The highest BCUT2D eigenvalue weighted by molar-refractivity contribution is 7.90. The molecule has 2 heterocycles. The first-order valence-corrected chi connectivity index (χ1v) is 10.8. The Kier molecular flexibility index (Phi) is 4.31. The van der Waals surface area contributed by atoms with E-state index in [4.69, 9.17) is 4.74 Å². The van der Waals surface area contributed by atoms with Gasteiger partial charge in [0.2, 0.25) is 0 Å². The summed E-state index contributed by atoms with van der Waals surface area (Å²) in [4.78, 5) is 27.1. The Morgan fingerprint density at radius 2 is 1.93 bits per heavy atom. The summed E-state index contributed by atoms with van der Waals surface area (Å²) in [6.45, 7) is 6.25. The molecule has 0 spiro atoms. The van der Waals surface area contributed by atoms with Gasteiger partial charge in [0.05, 0.1) is 17.8 Å². The second-order valence-electron chi connectivity index (χ2n) is 7.94. The van der Waals surface area contributed by atoms with Crippen molar-refractivity contribution in [1.29, 1.82) is 0 Å². The fraction of sp³-hybridized carbons (Fsp3) is 0.579. The van der Waals surface area contributed by atoms with Gasteiger partial charge in [0.25, 0.3) is 21.8 Å². The maximum Gasteiger partial charge on any atom is 0.269 e. The van der Waals surface area contributed by atoms with E-state index in [0.717, 1.165) is 17.1 Å². The standard InChI is InChI=1S/C19H24N2O5S/c1-11(2)21-19(23)15-7-6-14(8-17(15)27(21,24)25)18(22)20-9-12(3)26-16(10-20)13-4-5-13/h6-8,11-13,16H,4-5,9-10H2,1-3H3. The van der Waals surface area contributed by atoms with Crippen molar-refractivity contribution in [3.8, 4) is 0 Å². The topological polar surface area (TPSA) is 84.0 Å². The lowest BCUT2D eigenvalue weighted by Gasteiger charge is -2.37. The highest BCUT2D eigenvalue weighted by Gasteiger charge is 2.43. The summed E-state index contributed by atoms with van der Waals surface area (Å²) in [5.74, 6) is -0.238. The van der Waals surface area contributed by atoms with Gasteiger partial charge in [-0.25, -0.2) is 12.7 Å². The van der Waals surface area contributed by atoms with Crippen LogP contribution in [0.2, 0.25) is 0 Å². The molecule has 4 rings (SSSR count). The molecule has 0 bridgehead atoms. The molecule has 2 aliphatic heterocycles. The predicted octanol–water partition coefficient (Wildman–Crippen LogP) is 1.88. The third kappa shape index (κ3) is 3.04. The van der Waals surface area contributed by atoms with E-state index in [1.165, 1.54) is 12.1 Å². The monoisotopic (exact) mass is 392 g/mol. The maximum absolute atomic E-state index is 13.0. The molecule has 1 aliphatic carbocycles. The van der Waals surface area contributed by atoms with E-state index in [-0.39, 0.29) is 28.6 Å². The Hall–Kier alpha value is -1.93. The maximum atomic E-state index is 13.0. The number of hydrogen-bond donors (Lipinski definition) is 0. The van der Waals surface area contributed by atoms with Gasteiger partial charge in [0.15, 0.2) is 0 Å². The van der Waals surface area contributed by atoms with Crippen LogP contribution in [-0.4, -0.2) is 60.8 Å². The van der Waals surface area contributed by atoms with Crippen molar-refractivity contribution in [1.82, 2.24) is 9.21 Å². The molecule has 2 unspecified atom stereocenters. The third-order valence-electron chi connectivity index (χ3n) is 5.38. The molecule has 1 aromatic rings. The van der Waals surface area contributed by atoms with Crippen LogP contribution in [0.1, 0.15) is 54.3 Å². The zero-order valence-corrected chi connectivity index (χ0v) is 16.5. The zero-order chi connectivity index (χ0) is 19.5. The summed E-state index contributed by atoms with van der Waals surface area (Å²) in [6.07, 6.45) is 2.26. The second-order valence-corrected chi connectivity index (χ2v) is 9.73. The van der Waals surface area contributed by atoms with Crippen LogP contribution >= 0.6 is 0 Å². The number of morpholine rings is 1. The first-order chi connectivity index (χ1) is 12.7. The molecule has 1 saturated carbocycles. The number of rotatable bonds is 3. The largest absolute Gasteiger partial charge is 0.371 e. The number of carbonyl (C=O) groups excluding carboxylic acids is 2. The van der Waals surface area contributed by atoms with Crippen LogP contribution in [0.4, 0.5) is 0 Å². The number of benzene rings is 1. The van der Waals surface area contributed by atoms with Crippen molar-refractivity contribution in [2.24, 2.45) is 5.92 Å². The molecular weight excluding hydrogens is 368 g/mol. The highest BCUT2D eigenvalue weighted by atomic mass is 32.2. The normalized spacial score (nSPS) is 27.2. The van der Waals surface area contributed by atoms with E-state index in [1.54, 1.807) is 24.8 Å². The Balaban J connectivity index is 1.64. The minimum atomic E-state index is -3.92. The number of amides is 2. The number of hydrogen-bond acceptors (Lipinski definition) is 5. The van der Waals surface area contributed by atoms with Gasteiger partial charge in [0, 0.05) is 24.7 Å². The molecule has 0 N–H and O–H groups in total. The summed E-state index contributed by atoms with van der Waals surface area (Å²) < 4.78 is 32.3. The van der Waals surface area contributed by atoms with Crippen LogP contribution in [0.15, 0.2) is 23.1 Å². The third-order valence-corrected chi connectivity index (χ3v) is 7.38. The molecule has 1 saturated heterocycles. The van der Waals surface area contributed by atoms with Gasteiger partial charge in [-0.05, 0) is 57.7 Å². The Labute approximate surface area is 159 Å². The van der Waals surface area contributed by atoms with E-state index in [0.29, 0.717) is 24.6 Å². The smallest absolute Gasteiger partial charge is 0.269 e. The lowest BCUT2D eigenvalue weighted by atomic mass is 10.1. The quantitative estimate of drug-likeness (QED) is 0.784. The van der Waals surface area contributed by atoms with Crippen molar-refractivity contribution >= 4 is 21.8 Å². The van der Waals surface area contributed by atoms with Gasteiger partial charge in [-0.3, -0.25) is 9.59 Å². The average Bonchev–Trinajstić information content (AvgIpc) is 3.41. The predicted molar refractivity (Wildman–Crippen MR) is 97.9 cm³/mol. The Bertz CT molecular complexity index is 907. The molecule has 3 aliphatic rings. The molecular formula is C19H24N2O5S. The van der Waals surface area contributed by atoms with Gasteiger partial charge in [-0.1, -0.05) is 0 Å². The van der Waals surface area contributed by atoms with Crippen molar-refractivity contribution in [3.63, 3.8) is 0 Å². The SMILES string of the molecule is CC1CN(C(=O)c2ccc3c(c2)S(=O)(=O)N(C(C)C)C3=O)CC(C2CC2)O1. The summed E-state index contributed by atoms with van der Waals surface area (Å²) in [6, 6.07) is 3.87. The van der Waals surface area contributed by atoms with E-state index in [9.17, 15) is 18.0 Å². The van der Waals surface area contributed by atoms with Crippen molar-refractivity contribution < 1.29 is 22.7 Å². The van der Waals surface area contributed by atoms with Gasteiger partial charge < -0.3 is 9.64 Å². The number of fused-ring (bicyclic) bond motifs is 1. The van der Waals surface area contributed by atoms with E-state index >= 15 is 0 Å². The van der Waals surface area contributed by atoms with E-state index in [1.807, 2.05) is 6.92 Å². The van der Waals surface area contributed by atoms with Crippen LogP contribution < -0.4 is 0 Å².